The van der Waals surface area contributed by atoms with Crippen LogP contribution in [0.2, 0.25) is 5.02 Å². The van der Waals surface area contributed by atoms with Crippen molar-refractivity contribution in [2.24, 2.45) is 5.92 Å². The zero-order chi connectivity index (χ0) is 27.5. The van der Waals surface area contributed by atoms with Crippen LogP contribution in [0.4, 0.5) is 21.6 Å². The van der Waals surface area contributed by atoms with Gasteiger partial charge < -0.3 is 15.3 Å². The lowest BCUT2D eigenvalue weighted by Gasteiger charge is -2.23. The number of nitrogens with one attached hydrogen (secondary N) is 1. The average molecular weight is 547 g/mol. The Morgan fingerprint density at radius 2 is 1.82 bits per heavy atom. The SMILES string of the molecule is CC(=O)c1cnc2ccc(-c3cc(F)c(O)c(Cl)c3)cc2c1Nc1ccc(N2CCCCC(C)CCC2)nc1. The van der Waals surface area contributed by atoms with Gasteiger partial charge in [-0.15, -0.1) is 0 Å². The lowest BCUT2D eigenvalue weighted by molar-refractivity contribution is 0.101. The molecule has 5 rings (SSSR count). The fourth-order valence-electron chi connectivity index (χ4n) is 5.21. The van der Waals surface area contributed by atoms with Crippen LogP contribution in [-0.4, -0.2) is 33.9 Å². The zero-order valence-electron chi connectivity index (χ0n) is 22.2. The molecule has 1 aliphatic heterocycles. The molecule has 0 saturated carbocycles. The maximum atomic E-state index is 14.2. The van der Waals surface area contributed by atoms with Crippen molar-refractivity contribution >= 4 is 45.5 Å². The third-order valence-electron chi connectivity index (χ3n) is 7.44. The maximum Gasteiger partial charge on any atom is 0.170 e. The highest BCUT2D eigenvalue weighted by Gasteiger charge is 2.17. The summed E-state index contributed by atoms with van der Waals surface area (Å²) in [5.41, 5.74) is 3.63. The number of phenols is 1. The van der Waals surface area contributed by atoms with Crippen molar-refractivity contribution in [3.63, 3.8) is 0 Å². The Morgan fingerprint density at radius 3 is 2.56 bits per heavy atom. The van der Waals surface area contributed by atoms with E-state index in [1.165, 1.54) is 38.3 Å². The van der Waals surface area contributed by atoms with Crippen molar-refractivity contribution < 1.29 is 14.3 Å². The minimum atomic E-state index is -0.803. The summed E-state index contributed by atoms with van der Waals surface area (Å²) >= 11 is 6.02. The molecule has 0 aliphatic carbocycles. The first-order valence-corrected chi connectivity index (χ1v) is 13.8. The highest BCUT2D eigenvalue weighted by molar-refractivity contribution is 6.32. The number of pyridine rings is 2. The van der Waals surface area contributed by atoms with Crippen LogP contribution < -0.4 is 10.2 Å². The number of ketones is 1. The summed E-state index contributed by atoms with van der Waals surface area (Å²) in [7, 11) is 0. The molecule has 0 spiro atoms. The van der Waals surface area contributed by atoms with Gasteiger partial charge in [0.15, 0.2) is 17.3 Å². The smallest absolute Gasteiger partial charge is 0.170 e. The number of phenolic OH excluding ortho intramolecular Hbond substituents is 1. The van der Waals surface area contributed by atoms with Gasteiger partial charge in [-0.25, -0.2) is 9.37 Å². The van der Waals surface area contributed by atoms with Gasteiger partial charge in [-0.2, -0.15) is 0 Å². The molecule has 202 valence electrons. The summed E-state index contributed by atoms with van der Waals surface area (Å²) in [6.45, 7) is 5.84. The molecule has 39 heavy (non-hydrogen) atoms. The number of halogens is 2. The number of Topliss-reactive ketones (excluding diaryl/α,β-unsaturated/α-hetero) is 1. The highest BCUT2D eigenvalue weighted by Crippen LogP contribution is 2.36. The number of fused-ring (bicyclic) bond motifs is 1. The van der Waals surface area contributed by atoms with Gasteiger partial charge in [0, 0.05) is 24.7 Å². The molecule has 8 heteroatoms. The number of hydrogen-bond donors (Lipinski definition) is 2. The molecule has 0 amide bonds. The number of aromatic hydroxyl groups is 1. The van der Waals surface area contributed by atoms with E-state index in [-0.39, 0.29) is 10.8 Å². The molecular formula is C31H32ClFN4O2. The highest BCUT2D eigenvalue weighted by atomic mass is 35.5. The number of carbonyl (C=O) groups is 1. The standard InChI is InChI=1S/C31H32ClFN4O2/c1-19-6-3-4-12-37(13-5-7-19)29-11-9-23(17-35-29)36-30-24-14-21(22-15-26(32)31(39)27(33)16-22)8-10-28(24)34-18-25(30)20(2)38/h8-11,14-19,39H,3-7,12-13H2,1-2H3,(H,34,36). The van der Waals surface area contributed by atoms with Gasteiger partial charge >= 0.3 is 0 Å². The van der Waals surface area contributed by atoms with E-state index in [1.54, 1.807) is 18.5 Å². The lowest BCUT2D eigenvalue weighted by atomic mass is 10.00. The third-order valence-corrected chi connectivity index (χ3v) is 7.73. The van der Waals surface area contributed by atoms with Crippen molar-refractivity contribution in [1.29, 1.82) is 0 Å². The van der Waals surface area contributed by atoms with Crippen LogP contribution in [0.3, 0.4) is 0 Å². The van der Waals surface area contributed by atoms with Crippen molar-refractivity contribution in [3.05, 3.63) is 71.3 Å². The molecule has 1 atom stereocenters. The number of aromatic nitrogens is 2. The Hall–Kier alpha value is -3.71. The second-order valence-electron chi connectivity index (χ2n) is 10.4. The van der Waals surface area contributed by atoms with Gasteiger partial charge in [0.2, 0.25) is 0 Å². The Kier molecular flexibility index (Phi) is 7.98. The van der Waals surface area contributed by atoms with Crippen LogP contribution in [0.25, 0.3) is 22.0 Å². The lowest BCUT2D eigenvalue weighted by Crippen LogP contribution is -2.26. The molecule has 4 aromatic rings. The zero-order valence-corrected chi connectivity index (χ0v) is 22.9. The van der Waals surface area contributed by atoms with Crippen LogP contribution in [-0.2, 0) is 0 Å². The molecule has 2 N–H and O–H groups in total. The molecule has 0 radical (unpaired) electrons. The summed E-state index contributed by atoms with van der Waals surface area (Å²) in [6.07, 6.45) is 9.45. The van der Waals surface area contributed by atoms with Crippen molar-refractivity contribution in [1.82, 2.24) is 9.97 Å². The minimum Gasteiger partial charge on any atom is -0.504 e. The Balaban J connectivity index is 1.48. The second kappa shape index (κ2) is 11.6. The number of hydrogen-bond acceptors (Lipinski definition) is 6. The summed E-state index contributed by atoms with van der Waals surface area (Å²) in [6, 6.07) is 12.2. The van der Waals surface area contributed by atoms with Crippen LogP contribution in [0.5, 0.6) is 5.75 Å². The van der Waals surface area contributed by atoms with Crippen LogP contribution in [0.1, 0.15) is 56.3 Å². The van der Waals surface area contributed by atoms with Crippen molar-refractivity contribution in [2.45, 2.75) is 46.0 Å². The molecule has 1 aliphatic rings. The molecule has 0 bridgehead atoms. The summed E-state index contributed by atoms with van der Waals surface area (Å²) < 4.78 is 14.2. The van der Waals surface area contributed by atoms with Gasteiger partial charge in [-0.1, -0.05) is 37.4 Å². The van der Waals surface area contributed by atoms with E-state index in [2.05, 4.69) is 22.1 Å². The average Bonchev–Trinajstić information content (AvgIpc) is 3.03. The Labute approximate surface area is 232 Å². The van der Waals surface area contributed by atoms with Gasteiger partial charge in [0.25, 0.3) is 0 Å². The summed E-state index contributed by atoms with van der Waals surface area (Å²) in [4.78, 5) is 24.1. The molecule has 3 heterocycles. The normalized spacial score (nSPS) is 16.4. The summed E-state index contributed by atoms with van der Waals surface area (Å²) in [5.74, 6) is 0.214. The Morgan fingerprint density at radius 1 is 1.03 bits per heavy atom. The first-order valence-electron chi connectivity index (χ1n) is 13.4. The molecule has 6 nitrogen and oxygen atoms in total. The van der Waals surface area contributed by atoms with E-state index >= 15 is 0 Å². The van der Waals surface area contributed by atoms with Gasteiger partial charge in [-0.3, -0.25) is 9.78 Å². The van der Waals surface area contributed by atoms with Crippen molar-refractivity contribution in [2.75, 3.05) is 23.3 Å². The number of nitrogens with zero attached hydrogens (tertiary/aromatic N) is 3. The quantitative estimate of drug-likeness (QED) is 0.246. The first kappa shape index (κ1) is 26.9. The monoisotopic (exact) mass is 546 g/mol. The molecule has 1 fully saturated rings. The fourth-order valence-corrected chi connectivity index (χ4v) is 5.42. The third kappa shape index (κ3) is 5.98. The molecule has 2 aromatic carbocycles. The predicted octanol–water partition coefficient (Wildman–Crippen LogP) is 8.15. The van der Waals surface area contributed by atoms with Crippen LogP contribution in [0, 0.1) is 11.7 Å². The molecule has 1 unspecified atom stereocenters. The van der Waals surface area contributed by atoms with E-state index in [0.29, 0.717) is 33.3 Å². The molecule has 1 saturated heterocycles. The van der Waals surface area contributed by atoms with E-state index in [0.717, 1.165) is 43.4 Å². The maximum absolute atomic E-state index is 14.2. The number of rotatable bonds is 5. The fraction of sp³-hybridized carbons (Fsp3) is 0.323. The van der Waals surface area contributed by atoms with E-state index < -0.39 is 11.6 Å². The van der Waals surface area contributed by atoms with Gasteiger partial charge in [0.1, 0.15) is 5.82 Å². The predicted molar refractivity (Wildman–Crippen MR) is 156 cm³/mol. The van der Waals surface area contributed by atoms with E-state index in [9.17, 15) is 14.3 Å². The minimum absolute atomic E-state index is 0.0737. The molecule has 2 aromatic heterocycles. The number of anilines is 3. The Bertz CT molecular complexity index is 1490. The van der Waals surface area contributed by atoms with E-state index in [4.69, 9.17) is 16.6 Å². The van der Waals surface area contributed by atoms with Crippen molar-refractivity contribution in [3.8, 4) is 16.9 Å². The van der Waals surface area contributed by atoms with Crippen LogP contribution in [0.15, 0.2) is 54.9 Å². The number of benzene rings is 2. The largest absolute Gasteiger partial charge is 0.504 e. The van der Waals surface area contributed by atoms with Crippen LogP contribution >= 0.6 is 11.6 Å². The first-order chi connectivity index (χ1) is 18.8. The topological polar surface area (TPSA) is 78.3 Å². The van der Waals surface area contributed by atoms with Gasteiger partial charge in [0.05, 0.1) is 33.7 Å². The summed E-state index contributed by atoms with van der Waals surface area (Å²) in [5, 5.41) is 13.8. The van der Waals surface area contributed by atoms with Gasteiger partial charge in [-0.05, 0) is 79.6 Å². The molecular weight excluding hydrogens is 515 g/mol. The second-order valence-corrected chi connectivity index (χ2v) is 10.8. The number of carbonyl (C=O) groups excluding carboxylic acids is 1. The van der Waals surface area contributed by atoms with E-state index in [1.807, 2.05) is 24.3 Å².